The molecule has 0 unspecified atom stereocenters. The molecular formula is C42H60Br2N2. The Morgan fingerprint density at radius 3 is 1.41 bits per heavy atom. The van der Waals surface area contributed by atoms with Crippen molar-refractivity contribution in [3.05, 3.63) is 130 Å². The SMILES string of the molecule is CCCCc1ccc(CCCCBr)cc1.CCCCc1ccc(CCCC[n+]2ccc(C)cc2C)cc1.Cc1ccnc(C)c1.[Br-]. The first kappa shape index (κ1) is 41.7. The van der Waals surface area contributed by atoms with E-state index in [1.54, 1.807) is 0 Å². The molecule has 0 N–H and O–H groups in total. The van der Waals surface area contributed by atoms with Crippen LogP contribution in [0.2, 0.25) is 0 Å². The minimum atomic E-state index is 0. The lowest BCUT2D eigenvalue weighted by atomic mass is 10.0. The molecule has 0 saturated heterocycles. The number of hydrogen-bond acceptors (Lipinski definition) is 1. The Kier molecular flexibility index (Phi) is 23.4. The maximum atomic E-state index is 4.04. The van der Waals surface area contributed by atoms with Crippen LogP contribution in [0.3, 0.4) is 0 Å². The van der Waals surface area contributed by atoms with Crippen molar-refractivity contribution in [1.82, 2.24) is 4.98 Å². The smallest absolute Gasteiger partial charge is 0.178 e. The molecule has 2 aromatic heterocycles. The Morgan fingerprint density at radius 2 is 1.02 bits per heavy atom. The van der Waals surface area contributed by atoms with Gasteiger partial charge in [-0.2, -0.15) is 0 Å². The Balaban J connectivity index is 0.000000380. The Bertz CT molecular complexity index is 1300. The fraction of sp³-hybridized carbons (Fsp3) is 0.476. The van der Waals surface area contributed by atoms with Gasteiger partial charge in [-0.05, 0) is 124 Å². The Labute approximate surface area is 301 Å². The molecule has 46 heavy (non-hydrogen) atoms. The number of benzene rings is 2. The van der Waals surface area contributed by atoms with Gasteiger partial charge in [0.1, 0.15) is 6.54 Å². The third-order valence-electron chi connectivity index (χ3n) is 8.11. The number of alkyl halides is 1. The molecule has 252 valence electrons. The molecule has 0 radical (unpaired) electrons. The van der Waals surface area contributed by atoms with E-state index in [0.717, 1.165) is 17.6 Å². The highest BCUT2D eigenvalue weighted by atomic mass is 79.9. The topological polar surface area (TPSA) is 16.8 Å². The monoisotopic (exact) mass is 750 g/mol. The largest absolute Gasteiger partial charge is 1.00 e. The van der Waals surface area contributed by atoms with E-state index < -0.39 is 0 Å². The van der Waals surface area contributed by atoms with Crippen LogP contribution in [-0.2, 0) is 32.2 Å². The number of rotatable bonds is 15. The Morgan fingerprint density at radius 1 is 0.565 bits per heavy atom. The van der Waals surface area contributed by atoms with Gasteiger partial charge in [-0.1, -0.05) is 91.1 Å². The number of hydrogen-bond donors (Lipinski definition) is 0. The predicted molar refractivity (Wildman–Crippen MR) is 200 cm³/mol. The lowest BCUT2D eigenvalue weighted by Gasteiger charge is -2.04. The maximum absolute atomic E-state index is 4.04. The summed E-state index contributed by atoms with van der Waals surface area (Å²) in [6.45, 7) is 14.0. The van der Waals surface area contributed by atoms with Crippen molar-refractivity contribution in [3.8, 4) is 0 Å². The molecular weight excluding hydrogens is 692 g/mol. The number of unbranched alkanes of at least 4 members (excludes halogenated alkanes) is 4. The summed E-state index contributed by atoms with van der Waals surface area (Å²) in [5, 5.41) is 1.13. The van der Waals surface area contributed by atoms with Crippen molar-refractivity contribution in [2.45, 2.75) is 125 Å². The van der Waals surface area contributed by atoms with E-state index in [-0.39, 0.29) is 17.0 Å². The highest BCUT2D eigenvalue weighted by Gasteiger charge is 2.05. The number of nitrogens with zero attached hydrogens (tertiary/aromatic N) is 2. The molecule has 0 saturated carbocycles. The second kappa shape index (κ2) is 25.7. The van der Waals surface area contributed by atoms with Crippen LogP contribution >= 0.6 is 15.9 Å². The average Bonchev–Trinajstić information content (AvgIpc) is 3.04. The second-order valence-electron chi connectivity index (χ2n) is 12.5. The predicted octanol–water partition coefficient (Wildman–Crippen LogP) is 8.41. The van der Waals surface area contributed by atoms with Gasteiger partial charge in [-0.15, -0.1) is 0 Å². The van der Waals surface area contributed by atoms with Gasteiger partial charge in [0.15, 0.2) is 11.9 Å². The third-order valence-corrected chi connectivity index (χ3v) is 8.67. The van der Waals surface area contributed by atoms with Crippen LogP contribution in [0.15, 0.2) is 85.2 Å². The van der Waals surface area contributed by atoms with Gasteiger partial charge in [0.05, 0.1) is 0 Å². The molecule has 4 rings (SSSR count). The van der Waals surface area contributed by atoms with Gasteiger partial charge >= 0.3 is 0 Å². The van der Waals surface area contributed by atoms with Gasteiger partial charge < -0.3 is 17.0 Å². The zero-order valence-electron chi connectivity index (χ0n) is 29.6. The van der Waals surface area contributed by atoms with Gasteiger partial charge in [-0.3, -0.25) is 4.98 Å². The van der Waals surface area contributed by atoms with Crippen LogP contribution in [0.1, 0.15) is 110 Å². The summed E-state index contributed by atoms with van der Waals surface area (Å²) < 4.78 is 2.36. The van der Waals surface area contributed by atoms with E-state index in [1.807, 2.05) is 19.2 Å². The summed E-state index contributed by atoms with van der Waals surface area (Å²) in [5.41, 5.74) is 11.0. The number of aryl methyl sites for hydroxylation is 9. The minimum Gasteiger partial charge on any atom is -1.00 e. The van der Waals surface area contributed by atoms with Crippen LogP contribution in [0.4, 0.5) is 0 Å². The normalized spacial score (nSPS) is 10.2. The summed E-state index contributed by atoms with van der Waals surface area (Å²) in [7, 11) is 0. The molecule has 0 aliphatic heterocycles. The van der Waals surface area contributed by atoms with E-state index in [2.05, 4.69) is 133 Å². The van der Waals surface area contributed by atoms with E-state index in [1.165, 1.54) is 116 Å². The molecule has 0 aliphatic rings. The molecule has 4 aromatic rings. The highest BCUT2D eigenvalue weighted by Crippen LogP contribution is 2.12. The van der Waals surface area contributed by atoms with Crippen molar-refractivity contribution in [2.24, 2.45) is 0 Å². The van der Waals surface area contributed by atoms with Crippen LogP contribution in [0, 0.1) is 27.7 Å². The fourth-order valence-corrected chi connectivity index (χ4v) is 5.66. The lowest BCUT2D eigenvalue weighted by Crippen LogP contribution is -3.00. The molecule has 0 spiro atoms. The maximum Gasteiger partial charge on any atom is 0.178 e. The zero-order chi connectivity index (χ0) is 32.7. The first-order chi connectivity index (χ1) is 21.8. The van der Waals surface area contributed by atoms with Crippen molar-refractivity contribution >= 4 is 15.9 Å². The fourth-order valence-electron chi connectivity index (χ4n) is 5.27. The molecule has 4 heteroatoms. The minimum absolute atomic E-state index is 0. The molecule has 0 fully saturated rings. The summed E-state index contributed by atoms with van der Waals surface area (Å²) in [4.78, 5) is 4.04. The molecule has 0 amide bonds. The number of halogens is 2. The van der Waals surface area contributed by atoms with Crippen LogP contribution in [-0.4, -0.2) is 10.3 Å². The second-order valence-corrected chi connectivity index (χ2v) is 13.2. The van der Waals surface area contributed by atoms with Crippen LogP contribution < -0.4 is 21.5 Å². The molecule has 0 aliphatic carbocycles. The molecule has 2 aromatic carbocycles. The van der Waals surface area contributed by atoms with Gasteiger partial charge in [-0.25, -0.2) is 4.57 Å². The van der Waals surface area contributed by atoms with E-state index in [0.29, 0.717) is 0 Å². The average molecular weight is 753 g/mol. The van der Waals surface area contributed by atoms with Crippen molar-refractivity contribution < 1.29 is 21.5 Å². The van der Waals surface area contributed by atoms with E-state index >= 15 is 0 Å². The summed E-state index contributed by atoms with van der Waals surface area (Å²) in [6.07, 6.45) is 19.1. The first-order valence-electron chi connectivity index (χ1n) is 17.4. The molecule has 0 atom stereocenters. The number of aromatic nitrogens is 2. The number of pyridine rings is 2. The quantitative estimate of drug-likeness (QED) is 0.0678. The van der Waals surface area contributed by atoms with Gasteiger partial charge in [0.2, 0.25) is 0 Å². The van der Waals surface area contributed by atoms with E-state index in [4.69, 9.17) is 0 Å². The van der Waals surface area contributed by atoms with Gasteiger partial charge in [0.25, 0.3) is 0 Å². The summed E-state index contributed by atoms with van der Waals surface area (Å²) >= 11 is 3.46. The zero-order valence-corrected chi connectivity index (χ0v) is 32.8. The lowest BCUT2D eigenvalue weighted by molar-refractivity contribution is -0.703. The van der Waals surface area contributed by atoms with Crippen LogP contribution in [0.5, 0.6) is 0 Å². The van der Waals surface area contributed by atoms with E-state index in [9.17, 15) is 0 Å². The first-order valence-corrected chi connectivity index (χ1v) is 18.5. The standard InChI is InChI=1S/C21H30N.C14H21Br.C7H9N.BrH/c1-4-5-8-20-10-12-21(13-11-20)9-6-7-15-22-16-14-18(2)17-19(22)3;1-2-3-6-13-8-10-14(11-9-13)7-4-5-12-15;1-6-3-4-8-7(2)5-6;/h10-14,16-17H,4-9,15H2,1-3H3;8-11H,2-7,12H2,1H3;3-5H,1-2H3;1H/q+1;;;/p-1. The van der Waals surface area contributed by atoms with Crippen LogP contribution in [0.25, 0.3) is 0 Å². The molecule has 2 nitrogen and oxygen atoms in total. The van der Waals surface area contributed by atoms with Crippen molar-refractivity contribution in [2.75, 3.05) is 5.33 Å². The Hall–Kier alpha value is -2.30. The third kappa shape index (κ3) is 18.7. The highest BCUT2D eigenvalue weighted by molar-refractivity contribution is 9.09. The summed E-state index contributed by atoms with van der Waals surface area (Å²) in [5.74, 6) is 0. The van der Waals surface area contributed by atoms with Crippen molar-refractivity contribution in [1.29, 1.82) is 0 Å². The molecule has 2 heterocycles. The van der Waals surface area contributed by atoms with Gasteiger partial charge in [0, 0.05) is 42.7 Å². The molecule has 0 bridgehead atoms. The van der Waals surface area contributed by atoms with Crippen molar-refractivity contribution in [3.63, 3.8) is 0 Å². The summed E-state index contributed by atoms with van der Waals surface area (Å²) in [6, 6.07) is 26.9.